The molecule has 0 amide bonds. The molecule has 0 atom stereocenters. The van der Waals surface area contributed by atoms with E-state index in [9.17, 15) is 0 Å². The molecule has 0 radical (unpaired) electrons. The fraction of sp³-hybridized carbons (Fsp3) is 0.118. The number of aromatic nitrogens is 5. The summed E-state index contributed by atoms with van der Waals surface area (Å²) in [5.41, 5.74) is 16.0. The maximum absolute atomic E-state index is 7.04. The molecule has 0 aliphatic carbocycles. The molecule has 75 heavy (non-hydrogen) atoms. The first-order valence-corrected chi connectivity index (χ1v) is 26.7. The van der Waals surface area contributed by atoms with Gasteiger partial charge in [-0.2, -0.15) is 0 Å². The molecule has 0 unspecified atom stereocenters. The van der Waals surface area contributed by atoms with Crippen molar-refractivity contribution in [3.05, 3.63) is 240 Å². The summed E-state index contributed by atoms with van der Waals surface area (Å²) in [6.07, 6.45) is 1.91. The number of para-hydroxylation sites is 4. The molecule has 0 saturated carbocycles. The van der Waals surface area contributed by atoms with Crippen LogP contribution in [0.15, 0.2) is 212 Å². The molecule has 368 valence electrons. The number of hydrogen-bond acceptors (Lipinski definition) is 2. The quantitative estimate of drug-likeness (QED) is 0.149. The molecule has 0 fully saturated rings. The summed E-state index contributed by atoms with van der Waals surface area (Å²) in [6, 6.07) is 81.6. The van der Waals surface area contributed by atoms with Gasteiger partial charge in [-0.3, -0.25) is 0 Å². The fourth-order valence-electron chi connectivity index (χ4n) is 10.9. The van der Waals surface area contributed by atoms with Crippen molar-refractivity contribution in [2.24, 2.45) is 0 Å². The van der Waals surface area contributed by atoms with E-state index in [1.807, 2.05) is 18.3 Å². The van der Waals surface area contributed by atoms with E-state index in [1.165, 1.54) is 11.1 Å². The van der Waals surface area contributed by atoms with Crippen molar-refractivity contribution in [1.82, 2.24) is 23.1 Å². The van der Waals surface area contributed by atoms with E-state index in [4.69, 9.17) is 9.72 Å². The monoisotopic (exact) mass is 1150 g/mol. The molecule has 13 aromatic rings. The molecule has 0 N–H and O–H groups in total. The Morgan fingerprint density at radius 3 is 1.64 bits per heavy atom. The third kappa shape index (κ3) is 7.90. The summed E-state index contributed by atoms with van der Waals surface area (Å²) < 4.78 is 17.5. The van der Waals surface area contributed by atoms with Gasteiger partial charge in [0.05, 0.1) is 0 Å². The maximum atomic E-state index is 7.04. The van der Waals surface area contributed by atoms with Crippen molar-refractivity contribution in [2.75, 3.05) is 0 Å². The molecule has 7 heteroatoms. The Morgan fingerprint density at radius 2 is 0.987 bits per heavy atom. The summed E-state index contributed by atoms with van der Waals surface area (Å²) in [7, 11) is 0. The zero-order valence-corrected chi connectivity index (χ0v) is 44.9. The topological polar surface area (TPSA) is 41.3 Å². The van der Waals surface area contributed by atoms with E-state index in [0.29, 0.717) is 11.5 Å². The summed E-state index contributed by atoms with van der Waals surface area (Å²) in [5, 5.41) is 4.43. The molecule has 9 aromatic carbocycles. The Bertz CT molecular complexity index is 4410. The van der Waals surface area contributed by atoms with Crippen LogP contribution in [-0.2, 0) is 30.2 Å². The number of nitrogens with zero attached hydrogens (tertiary/aromatic N) is 5. The number of benzene rings is 9. The van der Waals surface area contributed by atoms with Gasteiger partial charge < -0.3 is 0 Å². The van der Waals surface area contributed by atoms with Crippen LogP contribution in [0.4, 0.5) is 0 Å². The van der Waals surface area contributed by atoms with E-state index in [2.05, 4.69) is 285 Å². The van der Waals surface area contributed by atoms with Gasteiger partial charge in [0.15, 0.2) is 0 Å². The van der Waals surface area contributed by atoms with Gasteiger partial charge in [0.25, 0.3) is 0 Å². The van der Waals surface area contributed by atoms with E-state index in [0.717, 1.165) is 103 Å². The molecule has 0 saturated heterocycles. The Balaban J connectivity index is 1.12. The summed E-state index contributed by atoms with van der Waals surface area (Å²) in [5.74, 6) is 1.98. The van der Waals surface area contributed by atoms with Gasteiger partial charge in [-0.15, -0.1) is 0 Å². The van der Waals surface area contributed by atoms with Crippen LogP contribution in [0, 0.1) is 15.9 Å². The first-order valence-electron chi connectivity index (χ1n) is 25.5. The Morgan fingerprint density at radius 1 is 0.440 bits per heavy atom. The van der Waals surface area contributed by atoms with E-state index >= 15 is 0 Å². The molecule has 6 nitrogen and oxygen atoms in total. The van der Waals surface area contributed by atoms with Crippen molar-refractivity contribution in [3.63, 3.8) is 0 Å². The number of rotatable bonds is 7. The molecule has 0 spiro atoms. The van der Waals surface area contributed by atoms with Gasteiger partial charge in [0.2, 0.25) is 0 Å². The molecule has 13 rings (SSSR count). The molecule has 0 bridgehead atoms. The number of pyridine rings is 1. The van der Waals surface area contributed by atoms with Gasteiger partial charge in [-0.1, -0.05) is 32.9 Å². The van der Waals surface area contributed by atoms with E-state index in [-0.39, 0.29) is 10.8 Å². The Labute approximate surface area is 447 Å². The first-order chi connectivity index (χ1) is 36.4. The number of hydrogen-bond donors (Lipinski definition) is 0. The van der Waals surface area contributed by atoms with Crippen molar-refractivity contribution >= 4 is 60.2 Å². The Kier molecular flexibility index (Phi) is 11.1. The molecule has 4 heterocycles. The minimum atomic E-state index is -0.0550. The second-order valence-corrected chi connectivity index (χ2v) is 22.4. The molecule has 4 aromatic heterocycles. The van der Waals surface area contributed by atoms with Crippen LogP contribution in [0.25, 0.3) is 99.6 Å². The van der Waals surface area contributed by atoms with Crippen molar-refractivity contribution in [1.29, 1.82) is 0 Å². The van der Waals surface area contributed by atoms with Crippen LogP contribution in [-0.4, -0.2) is 23.1 Å². The average molecular weight is 1150 g/mol. The third-order valence-corrected chi connectivity index (χ3v) is 15.7. The predicted molar refractivity (Wildman–Crippen MR) is 305 cm³/mol. The number of imidazole rings is 1. The van der Waals surface area contributed by atoms with Crippen molar-refractivity contribution in [2.45, 2.75) is 52.4 Å². The van der Waals surface area contributed by atoms with Gasteiger partial charge in [-0.25, -0.2) is 0 Å². The Hall–Kier alpha value is -8.31. The van der Waals surface area contributed by atoms with Gasteiger partial charge >= 0.3 is 394 Å². The second kappa shape index (κ2) is 18.0. The first kappa shape index (κ1) is 46.5. The van der Waals surface area contributed by atoms with Gasteiger partial charge in [0.1, 0.15) is 0 Å². The van der Waals surface area contributed by atoms with E-state index in [1.54, 1.807) is 0 Å². The zero-order valence-electron chi connectivity index (χ0n) is 42.7. The molecule has 0 aliphatic heterocycles. The summed E-state index contributed by atoms with van der Waals surface area (Å²) >= 11 is 2.56. The standard InChI is InChI=1S/C68H53N5O.Pt/c1-67(2,3)47-31-33-49(34-32-47)72-58-28-15-14-24-55(58)57-27-18-30-61-66(57)71(44-70(61)65-52(45-19-9-7-10-20-45)25-17-26-53(65)46-21-11-8-12-22-46)63-43-51(36-38-60(63)72)74-50-35-37-56-54-23-13-16-29-59(54)73(62(56)42-50)64-41-48(39-40-69-64)68(4,5)6;/h7-41H,1-6H3;/q-2;. The zero-order chi connectivity index (χ0) is 51.2. The second-order valence-electron chi connectivity index (χ2n) is 21.4. The number of ether oxygens (including phenoxy) is 1. The van der Waals surface area contributed by atoms with Crippen molar-refractivity contribution in [3.8, 4) is 50.9 Å². The summed E-state index contributed by atoms with van der Waals surface area (Å²) in [6.45, 7) is 13.5. The van der Waals surface area contributed by atoms with Gasteiger partial charge in [0, 0.05) is 6.20 Å². The predicted octanol–water partition coefficient (Wildman–Crippen LogP) is 17.4. The number of fused-ring (bicyclic) bond motifs is 7. The summed E-state index contributed by atoms with van der Waals surface area (Å²) in [4.78, 5) is 4.94. The van der Waals surface area contributed by atoms with Gasteiger partial charge in [-0.05, 0) is 17.0 Å². The molecular formula is C68H53N5OPt-2. The molecular weight excluding hydrogens is 1100 g/mol. The van der Waals surface area contributed by atoms with Crippen LogP contribution in [0.1, 0.15) is 52.7 Å². The van der Waals surface area contributed by atoms with Crippen LogP contribution in [0.3, 0.4) is 0 Å². The van der Waals surface area contributed by atoms with Crippen LogP contribution in [0.2, 0.25) is 0 Å². The molecule has 0 aliphatic rings. The minimum absolute atomic E-state index is 0.0137. The van der Waals surface area contributed by atoms with Crippen LogP contribution >= 0.6 is 0 Å². The fourth-order valence-corrected chi connectivity index (χ4v) is 11.9. The normalized spacial score (nSPS) is 12.2. The average Bonchev–Trinajstić information content (AvgIpc) is 4.07. The van der Waals surface area contributed by atoms with E-state index < -0.39 is 0 Å². The van der Waals surface area contributed by atoms with Crippen LogP contribution < -0.4 is 4.74 Å². The van der Waals surface area contributed by atoms with Crippen molar-refractivity contribution < 1.29 is 24.1 Å². The van der Waals surface area contributed by atoms with Crippen LogP contribution in [0.5, 0.6) is 11.5 Å². The SMILES string of the molecule is CC(C)(C)c1ccc(-n2c3ccccc3c3cccc4c3n([c](=[Pt])n4-c3c(-c4ccccc4)cccc3-c3ccccc3)c3[c-]c(Oc4[c-]c5c(cc4)c4ccccc4n5-c4cc(C(C)(C)C)ccn4)ccc32)cc1. The third-order valence-electron chi connectivity index (χ3n) is 14.6.